The summed E-state index contributed by atoms with van der Waals surface area (Å²) in [6, 6.07) is 9.10. The lowest BCUT2D eigenvalue weighted by Crippen LogP contribution is -2.30. The first kappa shape index (κ1) is 23.1. The minimum absolute atomic E-state index is 0.00599. The molecule has 33 heavy (non-hydrogen) atoms. The molecule has 7 heteroatoms. The average Bonchev–Trinajstić information content (AvgIpc) is 3.34. The molecule has 1 unspecified atom stereocenters. The van der Waals surface area contributed by atoms with Crippen molar-refractivity contribution < 1.29 is 28.5 Å². The zero-order chi connectivity index (χ0) is 23.9. The Labute approximate surface area is 191 Å². The van der Waals surface area contributed by atoms with Crippen molar-refractivity contribution in [3.05, 3.63) is 59.2 Å². The summed E-state index contributed by atoms with van der Waals surface area (Å²) in [6.45, 7) is 5.56. The summed E-state index contributed by atoms with van der Waals surface area (Å²) in [7, 11) is 0. The molecule has 1 saturated carbocycles. The Bertz CT molecular complexity index is 1130. The maximum atomic E-state index is 14.1. The molecule has 0 spiro atoms. The third-order valence-corrected chi connectivity index (χ3v) is 6.27. The zero-order valence-corrected chi connectivity index (χ0v) is 19.1. The van der Waals surface area contributed by atoms with Gasteiger partial charge in [0.15, 0.2) is 0 Å². The molecule has 176 valence electrons. The van der Waals surface area contributed by atoms with E-state index in [1.807, 2.05) is 32.9 Å². The summed E-state index contributed by atoms with van der Waals surface area (Å²) in [5, 5.41) is 20.2. The summed E-state index contributed by atoms with van der Waals surface area (Å²) in [6.07, 6.45) is 4.13. The van der Waals surface area contributed by atoms with Crippen LogP contribution in [0, 0.1) is 17.6 Å². The van der Waals surface area contributed by atoms with E-state index in [0.717, 1.165) is 47.9 Å². The molecule has 2 aromatic carbocycles. The van der Waals surface area contributed by atoms with Crippen LogP contribution in [0.2, 0.25) is 0 Å². The normalized spacial score (nSPS) is 15.8. The number of hydrogen-bond acceptors (Lipinski definition) is 4. The third-order valence-electron chi connectivity index (χ3n) is 6.27. The molecule has 1 aliphatic rings. The first-order valence-electron chi connectivity index (χ1n) is 11.3. The van der Waals surface area contributed by atoms with Crippen LogP contribution in [0.4, 0.5) is 8.78 Å². The quantitative estimate of drug-likeness (QED) is 0.462. The highest BCUT2D eigenvalue weighted by atomic mass is 19.1. The van der Waals surface area contributed by atoms with E-state index < -0.39 is 29.0 Å². The number of benzene rings is 2. The number of halogens is 2. The number of carbonyl (C=O) groups is 1. The highest BCUT2D eigenvalue weighted by molar-refractivity contribution is 5.94. The van der Waals surface area contributed by atoms with Crippen molar-refractivity contribution in [1.29, 1.82) is 0 Å². The lowest BCUT2D eigenvalue weighted by atomic mass is 9.84. The number of rotatable bonds is 5. The van der Waals surface area contributed by atoms with Gasteiger partial charge in [-0.25, -0.2) is 8.78 Å². The van der Waals surface area contributed by atoms with Gasteiger partial charge in [-0.3, -0.25) is 9.36 Å². The van der Waals surface area contributed by atoms with E-state index in [-0.39, 0.29) is 35.1 Å². The van der Waals surface area contributed by atoms with Crippen molar-refractivity contribution in [3.63, 3.8) is 0 Å². The topological polar surface area (TPSA) is 71.7 Å². The van der Waals surface area contributed by atoms with Crippen LogP contribution in [0.5, 0.6) is 11.8 Å². The molecular weight excluding hydrogens is 428 g/mol. The lowest BCUT2D eigenvalue weighted by Gasteiger charge is -2.27. The standard InChI is InChI=1S/C26H29F2NO4/c1-26(2,3)33-25(32)20(16-6-4-5-7-16)17-10-8-15(9-11-17)14-29-23(30)21-18(27)12-13-19(28)22(21)24(29)31/h8-13,16,20,30-31H,4-7,14H2,1-3H3. The molecule has 3 aromatic rings. The van der Waals surface area contributed by atoms with Gasteiger partial charge in [0, 0.05) is 0 Å². The van der Waals surface area contributed by atoms with Gasteiger partial charge < -0.3 is 14.9 Å². The highest BCUT2D eigenvalue weighted by Gasteiger charge is 2.35. The first-order valence-corrected chi connectivity index (χ1v) is 11.3. The molecule has 0 amide bonds. The Kier molecular flexibility index (Phi) is 6.08. The van der Waals surface area contributed by atoms with Gasteiger partial charge in [0.2, 0.25) is 11.8 Å². The maximum absolute atomic E-state index is 14.1. The molecule has 2 N–H and O–H groups in total. The van der Waals surface area contributed by atoms with E-state index in [4.69, 9.17) is 4.74 Å². The molecule has 1 aliphatic carbocycles. The van der Waals surface area contributed by atoms with Gasteiger partial charge in [0.25, 0.3) is 0 Å². The van der Waals surface area contributed by atoms with Crippen molar-refractivity contribution in [2.45, 2.75) is 64.5 Å². The second kappa shape index (κ2) is 8.69. The second-order valence-electron chi connectivity index (χ2n) is 9.81. The number of carbonyl (C=O) groups excluding carboxylic acids is 1. The molecule has 1 fully saturated rings. The van der Waals surface area contributed by atoms with Crippen LogP contribution in [0.15, 0.2) is 36.4 Å². The summed E-state index contributed by atoms with van der Waals surface area (Å²) < 4.78 is 35.1. The molecule has 1 atom stereocenters. The number of nitrogens with zero attached hydrogens (tertiary/aromatic N) is 1. The van der Waals surface area contributed by atoms with Gasteiger partial charge in [-0.05, 0) is 62.8 Å². The Morgan fingerprint density at radius 2 is 1.52 bits per heavy atom. The third kappa shape index (κ3) is 4.54. The van der Waals surface area contributed by atoms with Gasteiger partial charge in [-0.15, -0.1) is 0 Å². The molecular formula is C26H29F2NO4. The van der Waals surface area contributed by atoms with Gasteiger partial charge in [-0.1, -0.05) is 37.1 Å². The van der Waals surface area contributed by atoms with Crippen molar-refractivity contribution in [2.75, 3.05) is 0 Å². The molecule has 1 aromatic heterocycles. The largest absolute Gasteiger partial charge is 0.494 e. The lowest BCUT2D eigenvalue weighted by molar-refractivity contribution is -0.158. The maximum Gasteiger partial charge on any atom is 0.314 e. The van der Waals surface area contributed by atoms with Gasteiger partial charge in [-0.2, -0.15) is 0 Å². The van der Waals surface area contributed by atoms with E-state index in [9.17, 15) is 23.8 Å². The molecule has 0 saturated heterocycles. The van der Waals surface area contributed by atoms with Crippen LogP contribution in [-0.2, 0) is 16.1 Å². The van der Waals surface area contributed by atoms with Crippen molar-refractivity contribution in [2.24, 2.45) is 5.92 Å². The van der Waals surface area contributed by atoms with E-state index in [0.29, 0.717) is 5.56 Å². The van der Waals surface area contributed by atoms with Crippen LogP contribution in [0.25, 0.3) is 10.8 Å². The predicted octanol–water partition coefficient (Wildman–Crippen LogP) is 5.99. The fourth-order valence-electron chi connectivity index (χ4n) is 4.78. The zero-order valence-electron chi connectivity index (χ0n) is 19.1. The Hall–Kier alpha value is -3.09. The smallest absolute Gasteiger partial charge is 0.314 e. The molecule has 5 nitrogen and oxygen atoms in total. The summed E-state index contributed by atoms with van der Waals surface area (Å²) in [4.78, 5) is 13.0. The van der Waals surface area contributed by atoms with E-state index in [2.05, 4.69) is 0 Å². The van der Waals surface area contributed by atoms with Crippen molar-refractivity contribution in [3.8, 4) is 11.8 Å². The van der Waals surface area contributed by atoms with Crippen molar-refractivity contribution in [1.82, 2.24) is 4.57 Å². The average molecular weight is 458 g/mol. The van der Waals surface area contributed by atoms with E-state index >= 15 is 0 Å². The van der Waals surface area contributed by atoms with Gasteiger partial charge >= 0.3 is 5.97 Å². The first-order chi connectivity index (χ1) is 15.6. The Morgan fingerprint density at radius 3 is 2.00 bits per heavy atom. The van der Waals surface area contributed by atoms with E-state index in [1.165, 1.54) is 0 Å². The minimum atomic E-state index is -0.815. The van der Waals surface area contributed by atoms with Crippen LogP contribution < -0.4 is 0 Å². The van der Waals surface area contributed by atoms with E-state index in [1.54, 1.807) is 12.1 Å². The number of esters is 1. The molecule has 1 heterocycles. The molecule has 0 radical (unpaired) electrons. The van der Waals surface area contributed by atoms with Crippen LogP contribution in [0.1, 0.15) is 63.5 Å². The highest BCUT2D eigenvalue weighted by Crippen LogP contribution is 2.41. The summed E-state index contributed by atoms with van der Waals surface area (Å²) >= 11 is 0. The minimum Gasteiger partial charge on any atom is -0.494 e. The Balaban J connectivity index is 1.63. The number of fused-ring (bicyclic) bond motifs is 1. The molecule has 0 bridgehead atoms. The Morgan fingerprint density at radius 1 is 1.00 bits per heavy atom. The van der Waals surface area contributed by atoms with Crippen LogP contribution in [0.3, 0.4) is 0 Å². The SMILES string of the molecule is CC(C)(C)OC(=O)C(c1ccc(Cn2c(O)c3c(F)ccc(F)c3c2O)cc1)C1CCCC1. The number of hydrogen-bond donors (Lipinski definition) is 2. The summed E-state index contributed by atoms with van der Waals surface area (Å²) in [5.41, 5.74) is 0.965. The number of aromatic hydroxyl groups is 2. The predicted molar refractivity (Wildman–Crippen MR) is 121 cm³/mol. The fourth-order valence-corrected chi connectivity index (χ4v) is 4.78. The number of ether oxygens (including phenoxy) is 1. The second-order valence-corrected chi connectivity index (χ2v) is 9.81. The summed E-state index contributed by atoms with van der Waals surface area (Å²) in [5.74, 6) is -3.09. The van der Waals surface area contributed by atoms with Gasteiger partial charge in [0.1, 0.15) is 17.2 Å². The molecule has 0 aliphatic heterocycles. The van der Waals surface area contributed by atoms with Gasteiger partial charge in [0.05, 0.1) is 23.2 Å². The van der Waals surface area contributed by atoms with Crippen molar-refractivity contribution >= 4 is 16.7 Å². The van der Waals surface area contributed by atoms with Crippen LogP contribution >= 0.6 is 0 Å². The monoisotopic (exact) mass is 457 g/mol. The molecule has 4 rings (SSSR count). The fraction of sp³-hybridized carbons (Fsp3) is 0.423. The number of aromatic nitrogens is 1. The van der Waals surface area contributed by atoms with Crippen LogP contribution in [-0.4, -0.2) is 26.4 Å².